The summed E-state index contributed by atoms with van der Waals surface area (Å²) < 4.78 is 20.4. The molecule has 4 atom stereocenters. The zero-order chi connectivity index (χ0) is 15.3. The maximum Gasteiger partial charge on any atom is 0.351 e. The quantitative estimate of drug-likeness (QED) is 0.507. The number of aromatic nitrogens is 2. The molecule has 0 amide bonds. The van der Waals surface area contributed by atoms with Crippen LogP contribution in [0.2, 0.25) is 0 Å². The molecular formula is C11H17FN4O4. The van der Waals surface area contributed by atoms with Crippen LogP contribution in [0.3, 0.4) is 0 Å². The lowest BCUT2D eigenvalue weighted by Gasteiger charge is -2.37. The lowest BCUT2D eigenvalue weighted by atomic mass is 9.85. The largest absolute Gasteiger partial charge is 0.390 e. The van der Waals surface area contributed by atoms with Crippen LogP contribution in [-0.4, -0.2) is 43.9 Å². The van der Waals surface area contributed by atoms with Crippen LogP contribution in [0, 0.1) is 0 Å². The third-order valence-corrected chi connectivity index (χ3v) is 3.84. The van der Waals surface area contributed by atoms with Gasteiger partial charge in [0, 0.05) is 6.20 Å². The Balaban J connectivity index is 2.62. The van der Waals surface area contributed by atoms with Gasteiger partial charge < -0.3 is 26.4 Å². The molecule has 20 heavy (non-hydrogen) atoms. The standard InChI is InChI=1S/C11H17FN4O4/c1-9(14)7(18)11(12,5-17)20-10(9,2)16-4-3-6(13)15-8(16)19/h3-4,7,17-18H,5,14H2,1-2H3,(H2,13,15,19). The van der Waals surface area contributed by atoms with Crippen LogP contribution in [0.5, 0.6) is 0 Å². The van der Waals surface area contributed by atoms with Crippen molar-refractivity contribution in [2.24, 2.45) is 5.73 Å². The second-order valence-corrected chi connectivity index (χ2v) is 5.22. The van der Waals surface area contributed by atoms with Gasteiger partial charge in [0.25, 0.3) is 5.85 Å². The van der Waals surface area contributed by atoms with Crippen molar-refractivity contribution in [1.29, 1.82) is 0 Å². The lowest BCUT2D eigenvalue weighted by Crippen LogP contribution is -2.63. The Morgan fingerprint density at radius 3 is 2.65 bits per heavy atom. The zero-order valence-corrected chi connectivity index (χ0v) is 11.1. The SMILES string of the molecule is CC1(N)C(O)C(F)(CO)OC1(C)n1ccc(N)nc1=O. The summed E-state index contributed by atoms with van der Waals surface area (Å²) in [6, 6.07) is 1.32. The Kier molecular flexibility index (Phi) is 3.13. The van der Waals surface area contributed by atoms with E-state index in [1.807, 2.05) is 0 Å². The Hall–Kier alpha value is -1.55. The fourth-order valence-electron chi connectivity index (χ4n) is 2.37. The van der Waals surface area contributed by atoms with Crippen molar-refractivity contribution in [1.82, 2.24) is 9.55 Å². The molecular weight excluding hydrogens is 271 g/mol. The van der Waals surface area contributed by atoms with E-state index in [1.54, 1.807) is 0 Å². The van der Waals surface area contributed by atoms with Gasteiger partial charge in [0.05, 0.1) is 5.54 Å². The highest BCUT2D eigenvalue weighted by molar-refractivity contribution is 5.25. The van der Waals surface area contributed by atoms with Crippen LogP contribution in [0.25, 0.3) is 0 Å². The molecule has 9 heteroatoms. The summed E-state index contributed by atoms with van der Waals surface area (Å²) in [6.07, 6.45) is -0.597. The first kappa shape index (κ1) is 14.9. The van der Waals surface area contributed by atoms with Gasteiger partial charge in [0.15, 0.2) is 5.72 Å². The molecule has 0 bridgehead atoms. The predicted molar refractivity (Wildman–Crippen MR) is 67.2 cm³/mol. The van der Waals surface area contributed by atoms with Crippen LogP contribution in [0.15, 0.2) is 17.1 Å². The molecule has 6 N–H and O–H groups in total. The number of aliphatic hydroxyl groups excluding tert-OH is 2. The summed E-state index contributed by atoms with van der Waals surface area (Å²) in [5, 5.41) is 19.1. The molecule has 0 spiro atoms. The summed E-state index contributed by atoms with van der Waals surface area (Å²) >= 11 is 0. The third-order valence-electron chi connectivity index (χ3n) is 3.84. The van der Waals surface area contributed by atoms with Crippen LogP contribution < -0.4 is 17.2 Å². The highest BCUT2D eigenvalue weighted by atomic mass is 19.2. The van der Waals surface area contributed by atoms with Gasteiger partial charge in [-0.15, -0.1) is 0 Å². The van der Waals surface area contributed by atoms with Crippen LogP contribution >= 0.6 is 0 Å². The second kappa shape index (κ2) is 4.22. The first-order valence-electron chi connectivity index (χ1n) is 5.91. The van der Waals surface area contributed by atoms with E-state index in [9.17, 15) is 14.3 Å². The molecule has 0 radical (unpaired) electrons. The number of rotatable bonds is 2. The summed E-state index contributed by atoms with van der Waals surface area (Å²) in [5.74, 6) is -2.79. The molecule has 0 aromatic carbocycles. The zero-order valence-electron chi connectivity index (χ0n) is 11.1. The van der Waals surface area contributed by atoms with Crippen molar-refractivity contribution in [2.75, 3.05) is 12.3 Å². The number of hydrogen-bond donors (Lipinski definition) is 4. The molecule has 1 aromatic heterocycles. The molecule has 2 heterocycles. The first-order chi connectivity index (χ1) is 9.08. The number of anilines is 1. The third kappa shape index (κ3) is 1.74. The van der Waals surface area contributed by atoms with Crippen molar-refractivity contribution >= 4 is 5.82 Å². The smallest absolute Gasteiger partial charge is 0.351 e. The van der Waals surface area contributed by atoms with Crippen molar-refractivity contribution < 1.29 is 19.3 Å². The van der Waals surface area contributed by atoms with Gasteiger partial charge in [0.1, 0.15) is 18.5 Å². The Labute approximate surface area is 113 Å². The van der Waals surface area contributed by atoms with Crippen molar-refractivity contribution in [3.05, 3.63) is 22.7 Å². The summed E-state index contributed by atoms with van der Waals surface area (Å²) in [7, 11) is 0. The lowest BCUT2D eigenvalue weighted by molar-refractivity contribution is -0.239. The summed E-state index contributed by atoms with van der Waals surface area (Å²) in [4.78, 5) is 15.4. The molecule has 1 saturated heterocycles. The molecule has 8 nitrogen and oxygen atoms in total. The highest BCUT2D eigenvalue weighted by Crippen LogP contribution is 2.47. The van der Waals surface area contributed by atoms with Gasteiger partial charge >= 0.3 is 5.69 Å². The molecule has 112 valence electrons. The normalized spacial score (nSPS) is 41.0. The molecule has 2 rings (SSSR count). The van der Waals surface area contributed by atoms with E-state index in [-0.39, 0.29) is 5.82 Å². The minimum absolute atomic E-state index is 0.0132. The molecule has 0 saturated carbocycles. The topological polar surface area (TPSA) is 137 Å². The number of nitrogen functional groups attached to an aromatic ring is 1. The van der Waals surface area contributed by atoms with Crippen LogP contribution in [0.1, 0.15) is 13.8 Å². The van der Waals surface area contributed by atoms with E-state index in [2.05, 4.69) is 4.98 Å². The van der Waals surface area contributed by atoms with E-state index in [0.29, 0.717) is 0 Å². The minimum Gasteiger partial charge on any atom is -0.390 e. The van der Waals surface area contributed by atoms with Crippen LogP contribution in [0.4, 0.5) is 10.2 Å². The highest BCUT2D eigenvalue weighted by Gasteiger charge is 2.67. The fourth-order valence-corrected chi connectivity index (χ4v) is 2.37. The molecule has 4 unspecified atom stereocenters. The van der Waals surface area contributed by atoms with E-state index in [4.69, 9.17) is 21.3 Å². The van der Waals surface area contributed by atoms with Crippen molar-refractivity contribution in [3.8, 4) is 0 Å². The second-order valence-electron chi connectivity index (χ2n) is 5.22. The van der Waals surface area contributed by atoms with Crippen LogP contribution in [-0.2, 0) is 10.5 Å². The number of alkyl halides is 1. The van der Waals surface area contributed by atoms with E-state index in [0.717, 1.165) is 4.57 Å². The van der Waals surface area contributed by atoms with Gasteiger partial charge in [0.2, 0.25) is 0 Å². The summed E-state index contributed by atoms with van der Waals surface area (Å²) in [6.45, 7) is 1.54. The van der Waals surface area contributed by atoms with Crippen molar-refractivity contribution in [3.63, 3.8) is 0 Å². The molecule has 1 fully saturated rings. The number of hydrogen-bond acceptors (Lipinski definition) is 7. The molecule has 1 aliphatic heterocycles. The van der Waals surface area contributed by atoms with E-state index in [1.165, 1.54) is 26.1 Å². The number of ether oxygens (including phenoxy) is 1. The average Bonchev–Trinajstić information content (AvgIpc) is 2.49. The van der Waals surface area contributed by atoms with Gasteiger partial charge in [-0.1, -0.05) is 0 Å². The first-order valence-corrected chi connectivity index (χ1v) is 5.91. The molecule has 1 aliphatic rings. The summed E-state index contributed by atoms with van der Waals surface area (Å²) in [5.41, 5.74) is 7.09. The maximum absolute atomic E-state index is 14.4. The Morgan fingerprint density at radius 1 is 1.60 bits per heavy atom. The Bertz CT molecular complexity index is 592. The number of aliphatic hydroxyl groups is 2. The molecule has 1 aromatic rings. The van der Waals surface area contributed by atoms with Gasteiger partial charge in [-0.3, -0.25) is 4.57 Å². The van der Waals surface area contributed by atoms with E-state index < -0.39 is 35.5 Å². The van der Waals surface area contributed by atoms with E-state index >= 15 is 0 Å². The average molecular weight is 288 g/mol. The molecule has 0 aliphatic carbocycles. The maximum atomic E-state index is 14.4. The minimum atomic E-state index is -2.78. The van der Waals surface area contributed by atoms with Crippen molar-refractivity contribution in [2.45, 2.75) is 37.1 Å². The Morgan fingerprint density at radius 2 is 2.20 bits per heavy atom. The number of nitrogens with zero attached hydrogens (tertiary/aromatic N) is 2. The number of halogens is 1. The van der Waals surface area contributed by atoms with Gasteiger partial charge in [-0.2, -0.15) is 4.98 Å². The predicted octanol–water partition coefficient (Wildman–Crippen LogP) is -1.74. The van der Waals surface area contributed by atoms with Gasteiger partial charge in [-0.25, -0.2) is 9.18 Å². The number of nitrogens with two attached hydrogens (primary N) is 2. The fraction of sp³-hybridized carbons (Fsp3) is 0.636. The van der Waals surface area contributed by atoms with Gasteiger partial charge in [-0.05, 0) is 19.9 Å². The monoisotopic (exact) mass is 288 g/mol.